The fraction of sp³-hybridized carbons (Fsp3) is 0.200. The summed E-state index contributed by atoms with van der Waals surface area (Å²) in [6.07, 6.45) is 1.39. The van der Waals surface area contributed by atoms with Gasteiger partial charge in [0.15, 0.2) is 0 Å². The van der Waals surface area contributed by atoms with Crippen molar-refractivity contribution in [3.05, 3.63) is 57.7 Å². The summed E-state index contributed by atoms with van der Waals surface area (Å²) in [4.78, 5) is 13.8. The SMILES string of the molecule is Cc1cc(C)n(CC(=O)NNS(=O)(=O)/C=C/c2ccc(Cl)cc2)n1. The van der Waals surface area contributed by atoms with E-state index >= 15 is 0 Å². The van der Waals surface area contributed by atoms with Gasteiger partial charge in [0.2, 0.25) is 0 Å². The summed E-state index contributed by atoms with van der Waals surface area (Å²) in [7, 11) is -3.81. The molecule has 0 radical (unpaired) electrons. The summed E-state index contributed by atoms with van der Waals surface area (Å²) in [5.74, 6) is -0.523. The second-order valence-corrected chi connectivity index (χ2v) is 7.14. The van der Waals surface area contributed by atoms with Crippen molar-refractivity contribution in [3.63, 3.8) is 0 Å². The number of amides is 1. The third kappa shape index (κ3) is 5.48. The topological polar surface area (TPSA) is 93.1 Å². The highest BCUT2D eigenvalue weighted by atomic mass is 35.5. The lowest BCUT2D eigenvalue weighted by Gasteiger charge is -2.07. The maximum Gasteiger partial charge on any atom is 0.256 e. The predicted molar refractivity (Wildman–Crippen MR) is 92.4 cm³/mol. The van der Waals surface area contributed by atoms with E-state index in [0.717, 1.165) is 16.8 Å². The van der Waals surface area contributed by atoms with Gasteiger partial charge in [-0.05, 0) is 43.7 Å². The van der Waals surface area contributed by atoms with E-state index in [9.17, 15) is 13.2 Å². The van der Waals surface area contributed by atoms with Gasteiger partial charge in [-0.25, -0.2) is 8.42 Å². The zero-order valence-corrected chi connectivity index (χ0v) is 14.7. The highest BCUT2D eigenvalue weighted by molar-refractivity contribution is 7.92. The van der Waals surface area contributed by atoms with Crippen LogP contribution in [0.1, 0.15) is 17.0 Å². The van der Waals surface area contributed by atoms with Gasteiger partial charge in [-0.2, -0.15) is 5.10 Å². The van der Waals surface area contributed by atoms with Crippen molar-refractivity contribution >= 4 is 33.6 Å². The largest absolute Gasteiger partial charge is 0.276 e. The fourth-order valence-electron chi connectivity index (χ4n) is 1.91. The number of aryl methyl sites for hydroxylation is 2. The number of sulfonamides is 1. The normalized spacial score (nSPS) is 11.8. The molecule has 0 aliphatic rings. The number of hydrogen-bond acceptors (Lipinski definition) is 4. The molecule has 2 aromatic rings. The number of nitrogens with one attached hydrogen (secondary N) is 2. The van der Waals surface area contributed by atoms with Gasteiger partial charge in [0.1, 0.15) is 6.54 Å². The lowest BCUT2D eigenvalue weighted by atomic mass is 10.2. The summed E-state index contributed by atoms with van der Waals surface area (Å²) in [6.45, 7) is 3.54. The number of nitrogens with zero attached hydrogens (tertiary/aromatic N) is 2. The average molecular weight is 369 g/mol. The van der Waals surface area contributed by atoms with Crippen molar-refractivity contribution in [1.82, 2.24) is 20.0 Å². The number of hydrazine groups is 1. The van der Waals surface area contributed by atoms with E-state index in [1.807, 2.05) is 24.7 Å². The Bertz CT molecular complexity index is 857. The zero-order chi connectivity index (χ0) is 17.7. The molecule has 9 heteroatoms. The van der Waals surface area contributed by atoms with Gasteiger partial charge < -0.3 is 0 Å². The maximum absolute atomic E-state index is 11.8. The summed E-state index contributed by atoms with van der Waals surface area (Å²) < 4.78 is 25.2. The standard InChI is InChI=1S/C15H17ClN4O3S/c1-11-9-12(2)20(18-11)10-15(21)17-19-24(22,23)8-7-13-3-5-14(16)6-4-13/h3-9,19H,10H2,1-2H3,(H,17,21)/b8-7+. The molecule has 2 N–H and O–H groups in total. The molecule has 0 bridgehead atoms. The molecule has 24 heavy (non-hydrogen) atoms. The van der Waals surface area contributed by atoms with E-state index in [4.69, 9.17) is 11.6 Å². The van der Waals surface area contributed by atoms with E-state index < -0.39 is 15.9 Å². The van der Waals surface area contributed by atoms with E-state index in [1.54, 1.807) is 24.3 Å². The molecule has 2 rings (SSSR count). The molecular formula is C15H17ClN4O3S. The average Bonchev–Trinajstić information content (AvgIpc) is 2.82. The first kappa shape index (κ1) is 18.2. The van der Waals surface area contributed by atoms with E-state index in [0.29, 0.717) is 10.6 Å². The monoisotopic (exact) mass is 368 g/mol. The summed E-state index contributed by atoms with van der Waals surface area (Å²) in [5, 5.41) is 5.65. The number of carbonyl (C=O) groups excluding carboxylic acids is 1. The second kappa shape index (κ2) is 7.61. The van der Waals surface area contributed by atoms with E-state index in [2.05, 4.69) is 10.5 Å². The van der Waals surface area contributed by atoms with E-state index in [1.165, 1.54) is 10.8 Å². The van der Waals surface area contributed by atoms with Crippen molar-refractivity contribution in [2.24, 2.45) is 0 Å². The molecule has 0 atom stereocenters. The molecule has 1 amide bonds. The zero-order valence-electron chi connectivity index (χ0n) is 13.2. The number of hydrogen-bond donors (Lipinski definition) is 2. The fourth-order valence-corrected chi connectivity index (χ4v) is 2.70. The molecule has 0 aliphatic carbocycles. The Kier molecular flexibility index (Phi) is 5.76. The van der Waals surface area contributed by atoms with Crippen LogP contribution in [0.15, 0.2) is 35.7 Å². The molecule has 0 spiro atoms. The van der Waals surface area contributed by atoms with Crippen LogP contribution < -0.4 is 10.3 Å². The molecule has 0 aliphatic heterocycles. The van der Waals surface area contributed by atoms with Crippen LogP contribution in [-0.4, -0.2) is 24.1 Å². The summed E-state index contributed by atoms with van der Waals surface area (Å²) >= 11 is 5.76. The summed E-state index contributed by atoms with van der Waals surface area (Å²) in [6, 6.07) is 8.48. The molecule has 0 fully saturated rings. The maximum atomic E-state index is 11.8. The van der Waals surface area contributed by atoms with Gasteiger partial charge in [-0.3, -0.25) is 14.9 Å². The molecule has 1 aromatic carbocycles. The van der Waals surface area contributed by atoms with Gasteiger partial charge in [-0.1, -0.05) is 23.7 Å². The molecule has 1 heterocycles. The highest BCUT2D eigenvalue weighted by Crippen LogP contribution is 2.11. The predicted octanol–water partition coefficient (Wildman–Crippen LogP) is 1.77. The Morgan fingerprint density at radius 1 is 1.29 bits per heavy atom. The van der Waals surface area contributed by atoms with Crippen molar-refractivity contribution in [2.75, 3.05) is 0 Å². The first-order valence-electron chi connectivity index (χ1n) is 7.00. The molecule has 1 aromatic heterocycles. The lowest BCUT2D eigenvalue weighted by Crippen LogP contribution is -2.42. The molecular weight excluding hydrogens is 352 g/mol. The smallest absolute Gasteiger partial charge is 0.256 e. The van der Waals surface area contributed by atoms with Crippen LogP contribution in [0.4, 0.5) is 0 Å². The van der Waals surface area contributed by atoms with Gasteiger partial charge in [0.05, 0.1) is 5.69 Å². The van der Waals surface area contributed by atoms with Gasteiger partial charge in [0.25, 0.3) is 15.9 Å². The number of carbonyl (C=O) groups is 1. The number of benzene rings is 1. The van der Waals surface area contributed by atoms with Crippen molar-refractivity contribution < 1.29 is 13.2 Å². The highest BCUT2D eigenvalue weighted by Gasteiger charge is 2.10. The quantitative estimate of drug-likeness (QED) is 0.760. The summed E-state index contributed by atoms with van der Waals surface area (Å²) in [5.41, 5.74) is 4.41. The minimum Gasteiger partial charge on any atom is -0.276 e. The van der Waals surface area contributed by atoms with Crippen LogP contribution in [0.5, 0.6) is 0 Å². The van der Waals surface area contributed by atoms with Crippen LogP contribution in [0.2, 0.25) is 5.02 Å². The number of rotatable bonds is 6. The molecule has 0 saturated heterocycles. The molecule has 0 unspecified atom stereocenters. The van der Waals surface area contributed by atoms with Crippen molar-refractivity contribution in [2.45, 2.75) is 20.4 Å². The Morgan fingerprint density at radius 2 is 1.96 bits per heavy atom. The van der Waals surface area contributed by atoms with Crippen molar-refractivity contribution in [3.8, 4) is 0 Å². The van der Waals surface area contributed by atoms with Crippen LogP contribution in [-0.2, 0) is 21.4 Å². The Hall–Kier alpha value is -2.16. The van der Waals surface area contributed by atoms with Crippen molar-refractivity contribution in [1.29, 1.82) is 0 Å². The number of halogens is 1. The Balaban J connectivity index is 1.91. The Morgan fingerprint density at radius 3 is 2.54 bits per heavy atom. The van der Waals surface area contributed by atoms with Crippen LogP contribution in [0.3, 0.4) is 0 Å². The van der Waals surface area contributed by atoms with Crippen LogP contribution in [0, 0.1) is 13.8 Å². The minimum atomic E-state index is -3.81. The van der Waals surface area contributed by atoms with Gasteiger partial charge in [-0.15, -0.1) is 4.83 Å². The van der Waals surface area contributed by atoms with Crippen LogP contribution in [0.25, 0.3) is 6.08 Å². The third-order valence-corrected chi connectivity index (χ3v) is 4.17. The first-order valence-corrected chi connectivity index (χ1v) is 8.93. The number of aromatic nitrogens is 2. The lowest BCUT2D eigenvalue weighted by molar-refractivity contribution is -0.122. The van der Waals surface area contributed by atoms with Crippen LogP contribution >= 0.6 is 11.6 Å². The minimum absolute atomic E-state index is 0.0803. The first-order chi connectivity index (χ1) is 11.2. The Labute approximate surface area is 145 Å². The van der Waals surface area contributed by atoms with Gasteiger partial charge >= 0.3 is 0 Å². The molecule has 0 saturated carbocycles. The van der Waals surface area contributed by atoms with E-state index in [-0.39, 0.29) is 6.54 Å². The second-order valence-electron chi connectivity index (χ2n) is 5.13. The molecule has 7 nitrogen and oxygen atoms in total. The molecule has 128 valence electrons. The third-order valence-electron chi connectivity index (χ3n) is 3.04. The van der Waals surface area contributed by atoms with Gasteiger partial charge in [0, 0.05) is 16.1 Å².